The number of H-pyrrole nitrogens is 1. The average molecular weight is 373 g/mol. The third-order valence-corrected chi connectivity index (χ3v) is 4.53. The summed E-state index contributed by atoms with van der Waals surface area (Å²) in [4.78, 5) is 0. The third kappa shape index (κ3) is 2.84. The summed E-state index contributed by atoms with van der Waals surface area (Å²) in [5.74, 6) is 0.351. The summed E-state index contributed by atoms with van der Waals surface area (Å²) in [5.41, 5.74) is 9.30. The van der Waals surface area contributed by atoms with E-state index in [9.17, 15) is 5.26 Å². The molecule has 1 atom stereocenters. The van der Waals surface area contributed by atoms with E-state index in [-0.39, 0.29) is 11.8 Å². The SMILES string of the molecule is CCCCc1[nH]nc2c1C(c1ccc(Br)cc1)C(C#N)=C(N)O2. The molecule has 1 unspecified atom stereocenters. The van der Waals surface area contributed by atoms with E-state index in [1.807, 2.05) is 24.3 Å². The molecule has 0 saturated heterocycles. The predicted molar refractivity (Wildman–Crippen MR) is 90.6 cm³/mol. The molecule has 6 heteroatoms. The second kappa shape index (κ2) is 6.47. The highest BCUT2D eigenvalue weighted by atomic mass is 79.9. The number of aryl methyl sites for hydroxylation is 1. The highest BCUT2D eigenvalue weighted by Gasteiger charge is 2.34. The maximum atomic E-state index is 9.57. The second-order valence-corrected chi connectivity index (χ2v) is 6.42. The molecule has 0 amide bonds. The molecule has 2 aromatic rings. The summed E-state index contributed by atoms with van der Waals surface area (Å²) in [6.07, 6.45) is 3.00. The van der Waals surface area contributed by atoms with E-state index in [0.717, 1.165) is 40.6 Å². The van der Waals surface area contributed by atoms with Gasteiger partial charge in [-0.25, -0.2) is 0 Å². The zero-order valence-electron chi connectivity index (χ0n) is 12.8. The fraction of sp³-hybridized carbons (Fsp3) is 0.294. The number of allylic oxidation sites excluding steroid dienone is 1. The number of unbranched alkanes of at least 4 members (excludes halogenated alkanes) is 1. The van der Waals surface area contributed by atoms with E-state index in [2.05, 4.69) is 39.1 Å². The smallest absolute Gasteiger partial charge is 0.244 e. The molecular weight excluding hydrogens is 356 g/mol. The number of benzene rings is 1. The normalized spacial score (nSPS) is 16.7. The van der Waals surface area contributed by atoms with Gasteiger partial charge < -0.3 is 10.5 Å². The highest BCUT2D eigenvalue weighted by molar-refractivity contribution is 9.10. The first-order chi connectivity index (χ1) is 11.2. The van der Waals surface area contributed by atoms with Crippen LogP contribution in [-0.4, -0.2) is 10.2 Å². The molecule has 3 N–H and O–H groups in total. The van der Waals surface area contributed by atoms with Crippen LogP contribution in [0.15, 0.2) is 40.2 Å². The van der Waals surface area contributed by atoms with Crippen LogP contribution in [0.4, 0.5) is 0 Å². The number of nitrogens with one attached hydrogen (secondary N) is 1. The summed E-state index contributed by atoms with van der Waals surface area (Å²) >= 11 is 3.44. The van der Waals surface area contributed by atoms with Crippen LogP contribution in [0.5, 0.6) is 5.88 Å². The number of hydrogen-bond acceptors (Lipinski definition) is 4. The number of hydrogen-bond donors (Lipinski definition) is 2. The monoisotopic (exact) mass is 372 g/mol. The number of aromatic nitrogens is 2. The fourth-order valence-electron chi connectivity index (χ4n) is 2.84. The predicted octanol–water partition coefficient (Wildman–Crippen LogP) is 3.73. The van der Waals surface area contributed by atoms with Crippen LogP contribution >= 0.6 is 15.9 Å². The average Bonchev–Trinajstić information content (AvgIpc) is 2.95. The van der Waals surface area contributed by atoms with E-state index in [1.54, 1.807) is 0 Å². The Labute approximate surface area is 143 Å². The molecule has 1 aromatic heterocycles. The zero-order valence-corrected chi connectivity index (χ0v) is 14.4. The van der Waals surface area contributed by atoms with Crippen molar-refractivity contribution >= 4 is 15.9 Å². The van der Waals surface area contributed by atoms with Crippen molar-refractivity contribution in [1.29, 1.82) is 5.26 Å². The Kier molecular flexibility index (Phi) is 4.39. The molecule has 0 radical (unpaired) electrons. The van der Waals surface area contributed by atoms with Crippen molar-refractivity contribution in [2.75, 3.05) is 0 Å². The number of nitrogens with two attached hydrogens (primary N) is 1. The van der Waals surface area contributed by atoms with Crippen LogP contribution in [-0.2, 0) is 6.42 Å². The molecule has 1 aliphatic heterocycles. The van der Waals surface area contributed by atoms with E-state index in [0.29, 0.717) is 11.5 Å². The third-order valence-electron chi connectivity index (χ3n) is 4.00. The first kappa shape index (κ1) is 15.6. The molecule has 1 aromatic carbocycles. The molecule has 23 heavy (non-hydrogen) atoms. The fourth-order valence-corrected chi connectivity index (χ4v) is 3.11. The van der Waals surface area contributed by atoms with E-state index >= 15 is 0 Å². The Morgan fingerprint density at radius 2 is 2.13 bits per heavy atom. The Morgan fingerprint density at radius 3 is 2.78 bits per heavy atom. The maximum Gasteiger partial charge on any atom is 0.244 e. The Bertz CT molecular complexity index is 786. The van der Waals surface area contributed by atoms with Gasteiger partial charge in [-0.15, -0.1) is 5.10 Å². The Morgan fingerprint density at radius 1 is 1.39 bits per heavy atom. The van der Waals surface area contributed by atoms with Gasteiger partial charge in [0.2, 0.25) is 11.8 Å². The van der Waals surface area contributed by atoms with Crippen LogP contribution in [0.1, 0.15) is 42.5 Å². The van der Waals surface area contributed by atoms with Crippen LogP contribution in [0.25, 0.3) is 0 Å². The van der Waals surface area contributed by atoms with Crippen LogP contribution in [0, 0.1) is 11.3 Å². The van der Waals surface area contributed by atoms with Gasteiger partial charge in [-0.3, -0.25) is 5.10 Å². The van der Waals surface area contributed by atoms with Crippen LogP contribution in [0.3, 0.4) is 0 Å². The van der Waals surface area contributed by atoms with Crippen molar-refractivity contribution < 1.29 is 4.74 Å². The van der Waals surface area contributed by atoms with Gasteiger partial charge in [0.25, 0.3) is 0 Å². The lowest BCUT2D eigenvalue weighted by atomic mass is 9.83. The van der Waals surface area contributed by atoms with Gasteiger partial charge in [0.15, 0.2) is 0 Å². The van der Waals surface area contributed by atoms with Crippen LogP contribution in [0.2, 0.25) is 0 Å². The minimum atomic E-state index is -0.248. The van der Waals surface area contributed by atoms with E-state index in [4.69, 9.17) is 10.5 Å². The first-order valence-corrected chi connectivity index (χ1v) is 8.35. The number of nitrogens with zero attached hydrogens (tertiary/aromatic N) is 2. The topological polar surface area (TPSA) is 87.7 Å². The minimum Gasteiger partial charge on any atom is -0.420 e. The molecule has 0 saturated carbocycles. The van der Waals surface area contributed by atoms with E-state index < -0.39 is 0 Å². The molecule has 5 nitrogen and oxygen atoms in total. The summed E-state index contributed by atoms with van der Waals surface area (Å²) in [7, 11) is 0. The molecule has 118 valence electrons. The summed E-state index contributed by atoms with van der Waals surface area (Å²) in [5, 5.41) is 16.9. The van der Waals surface area contributed by atoms with Crippen LogP contribution < -0.4 is 10.5 Å². The van der Waals surface area contributed by atoms with Gasteiger partial charge in [-0.05, 0) is 30.5 Å². The standard InChI is InChI=1S/C17H17BrN4O/c1-2-3-4-13-15-14(10-5-7-11(18)8-6-10)12(9-19)16(20)23-17(15)22-21-13/h5-8,14H,2-4,20H2,1H3,(H,21,22). The molecule has 3 rings (SSSR count). The summed E-state index contributed by atoms with van der Waals surface area (Å²) < 4.78 is 6.54. The van der Waals surface area contributed by atoms with Crippen molar-refractivity contribution in [1.82, 2.24) is 10.2 Å². The molecule has 0 fully saturated rings. The van der Waals surface area contributed by atoms with Gasteiger partial charge in [0, 0.05) is 15.7 Å². The molecule has 0 aliphatic carbocycles. The van der Waals surface area contributed by atoms with E-state index in [1.165, 1.54) is 0 Å². The quantitative estimate of drug-likeness (QED) is 0.855. The maximum absolute atomic E-state index is 9.57. The Balaban J connectivity index is 2.13. The molecular formula is C17H17BrN4O. The molecule has 2 heterocycles. The number of halogens is 1. The van der Waals surface area contributed by atoms with Gasteiger partial charge in [-0.1, -0.05) is 41.4 Å². The number of nitriles is 1. The number of ether oxygens (including phenoxy) is 1. The van der Waals surface area contributed by atoms with Gasteiger partial charge >= 0.3 is 0 Å². The Hall–Kier alpha value is -2.26. The van der Waals surface area contributed by atoms with Gasteiger partial charge in [0.05, 0.1) is 5.92 Å². The van der Waals surface area contributed by atoms with Crippen molar-refractivity contribution in [3.8, 4) is 11.9 Å². The van der Waals surface area contributed by atoms with Crippen molar-refractivity contribution in [3.63, 3.8) is 0 Å². The molecule has 0 spiro atoms. The van der Waals surface area contributed by atoms with Gasteiger partial charge in [0.1, 0.15) is 11.6 Å². The lowest BCUT2D eigenvalue weighted by molar-refractivity contribution is 0.378. The second-order valence-electron chi connectivity index (χ2n) is 5.50. The number of aromatic amines is 1. The van der Waals surface area contributed by atoms with Crippen molar-refractivity contribution in [3.05, 3.63) is 57.0 Å². The summed E-state index contributed by atoms with van der Waals surface area (Å²) in [6.45, 7) is 2.14. The highest BCUT2D eigenvalue weighted by Crippen LogP contribution is 2.43. The zero-order chi connectivity index (χ0) is 16.4. The summed E-state index contributed by atoms with van der Waals surface area (Å²) in [6, 6.07) is 10.1. The number of rotatable bonds is 4. The molecule has 0 bridgehead atoms. The number of fused-ring (bicyclic) bond motifs is 1. The minimum absolute atomic E-state index is 0.126. The van der Waals surface area contributed by atoms with Gasteiger partial charge in [-0.2, -0.15) is 5.26 Å². The lowest BCUT2D eigenvalue weighted by Gasteiger charge is -2.24. The first-order valence-electron chi connectivity index (χ1n) is 7.55. The lowest BCUT2D eigenvalue weighted by Crippen LogP contribution is -2.21. The molecule has 1 aliphatic rings. The van der Waals surface area contributed by atoms with Crippen molar-refractivity contribution in [2.45, 2.75) is 32.1 Å². The van der Waals surface area contributed by atoms with Crippen molar-refractivity contribution in [2.24, 2.45) is 5.73 Å². The largest absolute Gasteiger partial charge is 0.420 e.